The lowest BCUT2D eigenvalue weighted by Crippen LogP contribution is -2.20. The first-order valence-corrected chi connectivity index (χ1v) is 9.38. The van der Waals surface area contributed by atoms with Gasteiger partial charge in [0.1, 0.15) is 5.75 Å². The van der Waals surface area contributed by atoms with E-state index >= 15 is 0 Å². The molecule has 8 heteroatoms. The first kappa shape index (κ1) is 21.5. The molecule has 2 aliphatic rings. The number of ether oxygens (including phenoxy) is 1. The molecular formula is C21H22ClF3N2O2. The molecule has 0 spiro atoms. The number of amides is 1. The highest BCUT2D eigenvalue weighted by Gasteiger charge is 2.38. The van der Waals surface area contributed by atoms with Crippen LogP contribution in [0.5, 0.6) is 5.75 Å². The number of alkyl halides is 3. The number of hydrogen-bond donors (Lipinski definition) is 2. The van der Waals surface area contributed by atoms with E-state index in [1.54, 1.807) is 0 Å². The number of nitrogens with one attached hydrogen (secondary N) is 2. The Kier molecular flexibility index (Phi) is 6.39. The summed E-state index contributed by atoms with van der Waals surface area (Å²) in [7, 11) is 0. The molecule has 0 aromatic heterocycles. The molecule has 0 aliphatic heterocycles. The molecule has 4 nitrogen and oxygen atoms in total. The third-order valence-corrected chi connectivity index (χ3v) is 5.08. The van der Waals surface area contributed by atoms with Gasteiger partial charge >= 0.3 is 6.36 Å². The molecule has 0 radical (unpaired) electrons. The van der Waals surface area contributed by atoms with Crippen molar-refractivity contribution in [2.45, 2.75) is 37.6 Å². The minimum atomic E-state index is -4.79. The fraction of sp³-hybridized carbons (Fsp3) is 0.381. The quantitative estimate of drug-likeness (QED) is 0.646. The third kappa shape index (κ3) is 6.11. The minimum Gasteiger partial charge on any atom is -0.406 e. The van der Waals surface area contributed by atoms with E-state index in [9.17, 15) is 18.0 Å². The predicted molar refractivity (Wildman–Crippen MR) is 107 cm³/mol. The molecular weight excluding hydrogens is 405 g/mol. The van der Waals surface area contributed by atoms with Gasteiger partial charge in [-0.1, -0.05) is 18.2 Å². The van der Waals surface area contributed by atoms with Crippen molar-refractivity contribution in [3.8, 4) is 5.75 Å². The van der Waals surface area contributed by atoms with Crippen molar-refractivity contribution in [2.24, 2.45) is 5.92 Å². The average molecular weight is 427 g/mol. The van der Waals surface area contributed by atoms with Crippen molar-refractivity contribution in [3.05, 3.63) is 59.7 Å². The van der Waals surface area contributed by atoms with Crippen LogP contribution in [-0.2, 0) is 0 Å². The van der Waals surface area contributed by atoms with Crippen molar-refractivity contribution in [3.63, 3.8) is 0 Å². The number of halogens is 4. The van der Waals surface area contributed by atoms with Crippen LogP contribution in [0.4, 0.5) is 18.9 Å². The third-order valence-electron chi connectivity index (χ3n) is 5.08. The molecule has 0 bridgehead atoms. The topological polar surface area (TPSA) is 50.4 Å². The Morgan fingerprint density at radius 1 is 1.10 bits per heavy atom. The fourth-order valence-electron chi connectivity index (χ4n) is 3.28. The molecule has 2 N–H and O–H groups in total. The molecule has 2 aromatic rings. The molecule has 1 amide bonds. The summed E-state index contributed by atoms with van der Waals surface area (Å²) in [6.07, 6.45) is -0.989. The Balaban J connectivity index is 0.00000240. The summed E-state index contributed by atoms with van der Waals surface area (Å²) < 4.78 is 40.8. The van der Waals surface area contributed by atoms with Crippen LogP contribution < -0.4 is 15.4 Å². The maximum Gasteiger partial charge on any atom is 0.573 e. The van der Waals surface area contributed by atoms with Gasteiger partial charge in [-0.15, -0.1) is 25.6 Å². The Labute approximate surface area is 173 Å². The van der Waals surface area contributed by atoms with Gasteiger partial charge in [0.15, 0.2) is 0 Å². The molecule has 2 unspecified atom stereocenters. The second-order valence-corrected chi connectivity index (χ2v) is 7.45. The molecule has 2 aromatic carbocycles. The van der Waals surface area contributed by atoms with Gasteiger partial charge in [-0.25, -0.2) is 0 Å². The Morgan fingerprint density at radius 2 is 1.83 bits per heavy atom. The molecule has 156 valence electrons. The lowest BCUT2D eigenvalue weighted by atomic mass is 10.1. The molecule has 2 fully saturated rings. The summed E-state index contributed by atoms with van der Waals surface area (Å²) in [4.78, 5) is 12.3. The first-order valence-electron chi connectivity index (χ1n) is 9.38. The van der Waals surface area contributed by atoms with Gasteiger partial charge in [0.05, 0.1) is 0 Å². The Bertz CT molecular complexity index is 854. The van der Waals surface area contributed by atoms with Crippen molar-refractivity contribution in [2.75, 3.05) is 11.9 Å². The zero-order valence-electron chi connectivity index (χ0n) is 15.5. The van der Waals surface area contributed by atoms with Gasteiger partial charge in [0.25, 0.3) is 5.91 Å². The Hall–Kier alpha value is -2.25. The molecule has 0 saturated heterocycles. The molecule has 0 heterocycles. The van der Waals surface area contributed by atoms with E-state index < -0.39 is 18.0 Å². The maximum atomic E-state index is 12.3. The van der Waals surface area contributed by atoms with Crippen LogP contribution in [0.3, 0.4) is 0 Å². The van der Waals surface area contributed by atoms with Crippen LogP contribution in [0.15, 0.2) is 48.5 Å². The van der Waals surface area contributed by atoms with Crippen LogP contribution >= 0.6 is 12.4 Å². The maximum absolute atomic E-state index is 12.3. The summed E-state index contributed by atoms with van der Waals surface area (Å²) in [6, 6.07) is 13.2. The summed E-state index contributed by atoms with van der Waals surface area (Å²) >= 11 is 0. The second-order valence-electron chi connectivity index (χ2n) is 7.45. The van der Waals surface area contributed by atoms with E-state index in [2.05, 4.69) is 15.4 Å². The van der Waals surface area contributed by atoms with Gasteiger partial charge in [-0.05, 0) is 67.6 Å². The van der Waals surface area contributed by atoms with Crippen molar-refractivity contribution < 1.29 is 22.7 Å². The van der Waals surface area contributed by atoms with Crippen LogP contribution in [0, 0.1) is 5.92 Å². The summed E-state index contributed by atoms with van der Waals surface area (Å²) in [5, 5.41) is 6.30. The van der Waals surface area contributed by atoms with Gasteiger partial charge in [-0.2, -0.15) is 0 Å². The highest BCUT2D eigenvalue weighted by atomic mass is 35.5. The number of hydrogen-bond acceptors (Lipinski definition) is 3. The second kappa shape index (κ2) is 8.63. The van der Waals surface area contributed by atoms with E-state index in [1.165, 1.54) is 30.5 Å². The molecule has 2 atom stereocenters. The number of rotatable bonds is 7. The monoisotopic (exact) mass is 426 g/mol. The first-order chi connectivity index (χ1) is 13.4. The van der Waals surface area contributed by atoms with Gasteiger partial charge in [0.2, 0.25) is 0 Å². The van der Waals surface area contributed by atoms with Crippen molar-refractivity contribution in [1.29, 1.82) is 0 Å². The molecule has 2 saturated carbocycles. The number of carbonyl (C=O) groups excluding carboxylic acids is 1. The van der Waals surface area contributed by atoms with Gasteiger partial charge < -0.3 is 15.4 Å². The zero-order chi connectivity index (χ0) is 19.7. The highest BCUT2D eigenvalue weighted by molar-refractivity contribution is 6.04. The van der Waals surface area contributed by atoms with E-state index in [4.69, 9.17) is 0 Å². The van der Waals surface area contributed by atoms with Crippen molar-refractivity contribution in [1.82, 2.24) is 5.32 Å². The van der Waals surface area contributed by atoms with E-state index in [1.807, 2.05) is 24.3 Å². The summed E-state index contributed by atoms with van der Waals surface area (Å²) in [5.41, 5.74) is 1.92. The molecule has 29 heavy (non-hydrogen) atoms. The SMILES string of the molecule is Cl.O=C(Nc1ccc(C2CC2NCC2CC2)cc1)c1cccc(OC(F)(F)F)c1. The van der Waals surface area contributed by atoms with Crippen LogP contribution in [-0.4, -0.2) is 24.9 Å². The van der Waals surface area contributed by atoms with Crippen LogP contribution in [0.1, 0.15) is 41.1 Å². The smallest absolute Gasteiger partial charge is 0.406 e. The normalized spacial score (nSPS) is 20.5. The number of benzene rings is 2. The predicted octanol–water partition coefficient (Wildman–Crippen LogP) is 5.11. The van der Waals surface area contributed by atoms with E-state index in [-0.39, 0.29) is 18.0 Å². The lowest BCUT2D eigenvalue weighted by molar-refractivity contribution is -0.274. The van der Waals surface area contributed by atoms with E-state index in [0.29, 0.717) is 17.6 Å². The summed E-state index contributed by atoms with van der Waals surface area (Å²) in [5.74, 6) is 0.461. The van der Waals surface area contributed by atoms with Gasteiger partial charge in [-0.3, -0.25) is 4.79 Å². The summed E-state index contributed by atoms with van der Waals surface area (Å²) in [6.45, 7) is 1.10. The van der Waals surface area contributed by atoms with Crippen molar-refractivity contribution >= 4 is 24.0 Å². The fourth-order valence-corrected chi connectivity index (χ4v) is 3.28. The molecule has 2 aliphatic carbocycles. The van der Waals surface area contributed by atoms with Gasteiger partial charge in [0, 0.05) is 23.2 Å². The van der Waals surface area contributed by atoms with E-state index in [0.717, 1.165) is 31.0 Å². The molecule has 4 rings (SSSR count). The zero-order valence-corrected chi connectivity index (χ0v) is 16.4. The minimum absolute atomic E-state index is 0. The largest absolute Gasteiger partial charge is 0.573 e. The van der Waals surface area contributed by atoms with Crippen LogP contribution in [0.2, 0.25) is 0 Å². The highest BCUT2D eigenvalue weighted by Crippen LogP contribution is 2.42. The number of anilines is 1. The van der Waals surface area contributed by atoms with Crippen LogP contribution in [0.25, 0.3) is 0 Å². The lowest BCUT2D eigenvalue weighted by Gasteiger charge is -2.10. The number of carbonyl (C=O) groups is 1. The standard InChI is InChI=1S/C21H21F3N2O2.ClH/c22-21(23,24)28-17-3-1-2-15(10-17)20(27)26-16-8-6-14(7-9-16)18-11-19(18)25-12-13-4-5-13;/h1-3,6-10,13,18-19,25H,4-5,11-12H2,(H,26,27);1H. The Morgan fingerprint density at radius 3 is 2.48 bits per heavy atom. The average Bonchev–Trinajstić information content (AvgIpc) is 3.54.